The Bertz CT molecular complexity index is 809. The molecule has 3 aromatic rings. The fourth-order valence-electron chi connectivity index (χ4n) is 2.88. The van der Waals surface area contributed by atoms with Crippen molar-refractivity contribution in [2.75, 3.05) is 38.2 Å². The Hall–Kier alpha value is -2.52. The molecule has 0 radical (unpaired) electrons. The van der Waals surface area contributed by atoms with E-state index >= 15 is 0 Å². The van der Waals surface area contributed by atoms with Crippen molar-refractivity contribution in [3.05, 3.63) is 35.8 Å². The van der Waals surface area contributed by atoms with Gasteiger partial charge in [0.2, 0.25) is 0 Å². The molecule has 4 heterocycles. The van der Waals surface area contributed by atoms with Crippen LogP contribution in [0.25, 0.3) is 5.65 Å². The van der Waals surface area contributed by atoms with Gasteiger partial charge < -0.3 is 14.5 Å². The molecule has 0 aliphatic carbocycles. The van der Waals surface area contributed by atoms with Gasteiger partial charge in [-0.15, -0.1) is 14.8 Å². The highest BCUT2D eigenvalue weighted by atomic mass is 16.5. The van der Waals surface area contributed by atoms with Crippen molar-refractivity contribution < 1.29 is 9.15 Å². The van der Waals surface area contributed by atoms with E-state index in [4.69, 9.17) is 9.15 Å². The van der Waals surface area contributed by atoms with E-state index < -0.39 is 0 Å². The number of ether oxygens (including phenoxy) is 1. The minimum absolute atomic E-state index is 0.119. The third-order valence-electron chi connectivity index (χ3n) is 4.12. The summed E-state index contributed by atoms with van der Waals surface area (Å²) >= 11 is 0. The van der Waals surface area contributed by atoms with Gasteiger partial charge in [-0.05, 0) is 41.6 Å². The van der Waals surface area contributed by atoms with Gasteiger partial charge >= 0.3 is 0 Å². The number of hydrogen-bond donors (Lipinski definition) is 1. The summed E-state index contributed by atoms with van der Waals surface area (Å²) in [5.74, 6) is 2.58. The predicted molar refractivity (Wildman–Crippen MR) is 85.6 cm³/mol. The average Bonchev–Trinajstić information content (AvgIpc) is 3.24. The van der Waals surface area contributed by atoms with E-state index in [0.717, 1.165) is 43.6 Å². The van der Waals surface area contributed by atoms with Gasteiger partial charge in [0.15, 0.2) is 5.65 Å². The number of anilines is 1. The maximum absolute atomic E-state index is 5.86. The molecule has 0 saturated carbocycles. The molecule has 0 spiro atoms. The Morgan fingerprint density at radius 2 is 2.08 bits per heavy atom. The number of tetrazole rings is 1. The summed E-state index contributed by atoms with van der Waals surface area (Å²) in [7, 11) is 0. The van der Waals surface area contributed by atoms with Crippen LogP contribution in [0.3, 0.4) is 0 Å². The normalized spacial score (nSPS) is 17.2. The molecule has 1 atom stereocenters. The minimum atomic E-state index is 0.119. The standard InChI is InChI=1S/C15H19N7O2/c1-11-2-3-13(24-11)12(21-6-8-23-9-7-21)10-16-14-4-5-15-17-19-20-22(15)18-14/h2-5,12H,6-10H2,1H3,(H,16,18)/t12-/m1/s1. The van der Waals surface area contributed by atoms with Crippen molar-refractivity contribution >= 4 is 11.5 Å². The second kappa shape index (κ2) is 6.54. The number of aromatic nitrogens is 5. The first-order valence-electron chi connectivity index (χ1n) is 7.97. The van der Waals surface area contributed by atoms with Crippen LogP contribution in [-0.4, -0.2) is 63.0 Å². The molecule has 1 saturated heterocycles. The monoisotopic (exact) mass is 329 g/mol. The summed E-state index contributed by atoms with van der Waals surface area (Å²) in [4.78, 5) is 2.37. The molecule has 3 aromatic heterocycles. The summed E-state index contributed by atoms with van der Waals surface area (Å²) in [6, 6.07) is 7.85. The zero-order valence-electron chi connectivity index (χ0n) is 13.4. The van der Waals surface area contributed by atoms with E-state index in [-0.39, 0.29) is 6.04 Å². The topological polar surface area (TPSA) is 93.6 Å². The quantitative estimate of drug-likeness (QED) is 0.738. The number of morpholine rings is 1. The Balaban J connectivity index is 1.52. The summed E-state index contributed by atoms with van der Waals surface area (Å²) < 4.78 is 12.7. The molecule has 0 bridgehead atoms. The summed E-state index contributed by atoms with van der Waals surface area (Å²) in [5.41, 5.74) is 0.618. The van der Waals surface area contributed by atoms with Gasteiger partial charge in [-0.25, -0.2) is 0 Å². The van der Waals surface area contributed by atoms with Crippen molar-refractivity contribution in [2.45, 2.75) is 13.0 Å². The molecule has 1 N–H and O–H groups in total. The fraction of sp³-hybridized carbons (Fsp3) is 0.467. The lowest BCUT2D eigenvalue weighted by Crippen LogP contribution is -2.41. The molecule has 1 aliphatic heterocycles. The van der Waals surface area contributed by atoms with Crippen LogP contribution in [0.5, 0.6) is 0 Å². The fourth-order valence-corrected chi connectivity index (χ4v) is 2.88. The largest absolute Gasteiger partial charge is 0.465 e. The molecule has 9 heteroatoms. The van der Waals surface area contributed by atoms with Crippen molar-refractivity contribution in [3.63, 3.8) is 0 Å². The zero-order chi connectivity index (χ0) is 16.4. The Morgan fingerprint density at radius 1 is 1.21 bits per heavy atom. The number of aryl methyl sites for hydroxylation is 1. The maximum Gasteiger partial charge on any atom is 0.200 e. The highest BCUT2D eigenvalue weighted by molar-refractivity contribution is 5.42. The highest BCUT2D eigenvalue weighted by Gasteiger charge is 2.25. The lowest BCUT2D eigenvalue weighted by Gasteiger charge is -2.33. The lowest BCUT2D eigenvalue weighted by atomic mass is 10.1. The van der Waals surface area contributed by atoms with Crippen LogP contribution in [-0.2, 0) is 4.74 Å². The zero-order valence-corrected chi connectivity index (χ0v) is 13.4. The summed E-state index contributed by atoms with van der Waals surface area (Å²) in [5, 5.41) is 19.0. The molecule has 9 nitrogen and oxygen atoms in total. The SMILES string of the molecule is Cc1ccc([C@@H](CNc2ccc3nnnn3n2)N2CCOCC2)o1. The average molecular weight is 329 g/mol. The number of fused-ring (bicyclic) bond motifs is 1. The number of rotatable bonds is 5. The molecule has 0 unspecified atom stereocenters. The maximum atomic E-state index is 5.86. The second-order valence-corrected chi connectivity index (χ2v) is 5.74. The van der Waals surface area contributed by atoms with E-state index in [9.17, 15) is 0 Å². The number of nitrogens with one attached hydrogen (secondary N) is 1. The first kappa shape index (κ1) is 15.0. The molecule has 4 rings (SSSR count). The van der Waals surface area contributed by atoms with E-state index in [1.165, 1.54) is 4.63 Å². The number of hydrogen-bond acceptors (Lipinski definition) is 8. The van der Waals surface area contributed by atoms with Gasteiger partial charge in [0.05, 0.1) is 19.3 Å². The third kappa shape index (κ3) is 3.08. The van der Waals surface area contributed by atoms with Crippen LogP contribution in [0, 0.1) is 6.92 Å². The Labute approximate surface area is 138 Å². The molecule has 1 fully saturated rings. The van der Waals surface area contributed by atoms with Gasteiger partial charge in [-0.2, -0.15) is 0 Å². The predicted octanol–water partition coefficient (Wildman–Crippen LogP) is 0.906. The molecule has 0 aromatic carbocycles. The Kier molecular flexibility index (Phi) is 4.09. The second-order valence-electron chi connectivity index (χ2n) is 5.74. The van der Waals surface area contributed by atoms with Gasteiger partial charge in [-0.1, -0.05) is 0 Å². The lowest BCUT2D eigenvalue weighted by molar-refractivity contribution is 0.0143. The van der Waals surface area contributed by atoms with E-state index in [1.54, 1.807) is 0 Å². The molecule has 24 heavy (non-hydrogen) atoms. The van der Waals surface area contributed by atoms with Crippen LogP contribution in [0.15, 0.2) is 28.7 Å². The van der Waals surface area contributed by atoms with Crippen molar-refractivity contribution in [1.82, 2.24) is 30.2 Å². The van der Waals surface area contributed by atoms with E-state index in [0.29, 0.717) is 12.2 Å². The number of nitrogens with zero attached hydrogens (tertiary/aromatic N) is 6. The van der Waals surface area contributed by atoms with Gasteiger partial charge in [0, 0.05) is 19.6 Å². The summed E-state index contributed by atoms with van der Waals surface area (Å²) in [6.07, 6.45) is 0. The molecular weight excluding hydrogens is 310 g/mol. The number of furan rings is 1. The highest BCUT2D eigenvalue weighted by Crippen LogP contribution is 2.24. The van der Waals surface area contributed by atoms with Crippen molar-refractivity contribution in [2.24, 2.45) is 0 Å². The van der Waals surface area contributed by atoms with Crippen LogP contribution >= 0.6 is 0 Å². The molecular formula is C15H19N7O2. The van der Waals surface area contributed by atoms with Crippen molar-refractivity contribution in [3.8, 4) is 0 Å². The van der Waals surface area contributed by atoms with Gasteiger partial charge in [0.25, 0.3) is 0 Å². The molecule has 1 aliphatic rings. The van der Waals surface area contributed by atoms with Crippen LogP contribution < -0.4 is 5.32 Å². The van der Waals surface area contributed by atoms with E-state index in [1.807, 2.05) is 31.2 Å². The summed E-state index contributed by atoms with van der Waals surface area (Å²) in [6.45, 7) is 5.88. The van der Waals surface area contributed by atoms with E-state index in [2.05, 4.69) is 30.8 Å². The van der Waals surface area contributed by atoms with Gasteiger partial charge in [-0.3, -0.25) is 4.90 Å². The molecule has 0 amide bonds. The first-order chi connectivity index (χ1) is 11.8. The smallest absolute Gasteiger partial charge is 0.200 e. The van der Waals surface area contributed by atoms with Crippen LogP contribution in [0.2, 0.25) is 0 Å². The third-order valence-corrected chi connectivity index (χ3v) is 4.12. The Morgan fingerprint density at radius 3 is 2.88 bits per heavy atom. The van der Waals surface area contributed by atoms with Crippen LogP contribution in [0.4, 0.5) is 5.82 Å². The first-order valence-corrected chi connectivity index (χ1v) is 7.97. The molecule has 126 valence electrons. The van der Waals surface area contributed by atoms with Crippen LogP contribution in [0.1, 0.15) is 17.6 Å². The van der Waals surface area contributed by atoms with Crippen molar-refractivity contribution in [1.29, 1.82) is 0 Å². The van der Waals surface area contributed by atoms with Gasteiger partial charge in [0.1, 0.15) is 17.3 Å². The minimum Gasteiger partial charge on any atom is -0.465 e.